The first kappa shape index (κ1) is 22.1. The van der Waals surface area contributed by atoms with Crippen molar-refractivity contribution >= 4 is 18.3 Å². The van der Waals surface area contributed by atoms with Crippen LogP contribution in [0.4, 0.5) is 8.78 Å². The number of hydrogen-bond acceptors (Lipinski definition) is 2. The fourth-order valence-corrected chi connectivity index (χ4v) is 4.41. The van der Waals surface area contributed by atoms with Gasteiger partial charge in [-0.05, 0) is 68.8 Å². The Morgan fingerprint density at radius 3 is 2.63 bits per heavy atom. The highest BCUT2D eigenvalue weighted by molar-refractivity contribution is 5.85. The third kappa shape index (κ3) is 5.89. The Morgan fingerprint density at radius 2 is 1.96 bits per heavy atom. The van der Waals surface area contributed by atoms with E-state index in [9.17, 15) is 13.6 Å². The maximum atomic E-state index is 14.1. The molecular weight excluding hydrogens is 370 g/mol. The van der Waals surface area contributed by atoms with Crippen LogP contribution in [0.3, 0.4) is 0 Å². The van der Waals surface area contributed by atoms with Crippen LogP contribution in [0.25, 0.3) is 0 Å². The molecule has 1 aliphatic heterocycles. The van der Waals surface area contributed by atoms with Gasteiger partial charge in [0.15, 0.2) is 0 Å². The second-order valence-corrected chi connectivity index (χ2v) is 7.98. The molecule has 1 heterocycles. The van der Waals surface area contributed by atoms with Crippen molar-refractivity contribution in [2.45, 2.75) is 64.5 Å². The lowest BCUT2D eigenvalue weighted by atomic mass is 9.85. The molecule has 1 aromatic carbocycles. The molecule has 1 saturated heterocycles. The van der Waals surface area contributed by atoms with Gasteiger partial charge in [0.1, 0.15) is 11.6 Å². The first-order valence-electron chi connectivity index (χ1n) is 9.98. The third-order valence-corrected chi connectivity index (χ3v) is 6.07. The van der Waals surface area contributed by atoms with Gasteiger partial charge in [-0.25, -0.2) is 8.78 Å². The van der Waals surface area contributed by atoms with E-state index in [1.807, 2.05) is 4.90 Å². The summed E-state index contributed by atoms with van der Waals surface area (Å²) in [5.41, 5.74) is 0.275. The van der Waals surface area contributed by atoms with Crippen LogP contribution in [-0.2, 0) is 11.3 Å². The second kappa shape index (κ2) is 10.4. The largest absolute Gasteiger partial charge is 0.335 e. The van der Waals surface area contributed by atoms with Crippen LogP contribution < -0.4 is 5.32 Å². The summed E-state index contributed by atoms with van der Waals surface area (Å²) in [5.74, 6) is 0.00724. The van der Waals surface area contributed by atoms with Crippen molar-refractivity contribution in [1.82, 2.24) is 10.2 Å². The Balaban J connectivity index is 0.00000261. The van der Waals surface area contributed by atoms with Crippen LogP contribution in [0.15, 0.2) is 18.2 Å². The summed E-state index contributed by atoms with van der Waals surface area (Å²) < 4.78 is 27.7. The van der Waals surface area contributed by atoms with Crippen LogP contribution in [-0.4, -0.2) is 29.9 Å². The van der Waals surface area contributed by atoms with Crippen molar-refractivity contribution in [3.63, 3.8) is 0 Å². The number of amides is 1. The minimum absolute atomic E-state index is 0. The Labute approximate surface area is 167 Å². The zero-order chi connectivity index (χ0) is 18.5. The lowest BCUT2D eigenvalue weighted by Crippen LogP contribution is -2.41. The van der Waals surface area contributed by atoms with E-state index in [1.165, 1.54) is 6.07 Å². The molecule has 0 radical (unpaired) electrons. The Kier molecular flexibility index (Phi) is 8.49. The van der Waals surface area contributed by atoms with Crippen molar-refractivity contribution in [2.24, 2.45) is 11.8 Å². The molecule has 3 rings (SSSR count). The van der Waals surface area contributed by atoms with Crippen molar-refractivity contribution in [3.8, 4) is 0 Å². The summed E-state index contributed by atoms with van der Waals surface area (Å²) in [6.45, 7) is 4.34. The van der Waals surface area contributed by atoms with E-state index >= 15 is 0 Å². The molecule has 1 N–H and O–H groups in total. The van der Waals surface area contributed by atoms with Crippen LogP contribution in [0.5, 0.6) is 0 Å². The average molecular weight is 401 g/mol. The van der Waals surface area contributed by atoms with Gasteiger partial charge in [-0.3, -0.25) is 4.79 Å². The highest BCUT2D eigenvalue weighted by atomic mass is 35.5. The van der Waals surface area contributed by atoms with Crippen LogP contribution >= 0.6 is 12.4 Å². The topological polar surface area (TPSA) is 32.3 Å². The van der Waals surface area contributed by atoms with E-state index in [2.05, 4.69) is 12.2 Å². The van der Waals surface area contributed by atoms with Gasteiger partial charge in [0.05, 0.1) is 0 Å². The number of rotatable bonds is 6. The second-order valence-electron chi connectivity index (χ2n) is 7.98. The zero-order valence-corrected chi connectivity index (χ0v) is 16.9. The van der Waals surface area contributed by atoms with Gasteiger partial charge in [-0.15, -0.1) is 12.4 Å². The first-order valence-corrected chi connectivity index (χ1v) is 9.98. The molecule has 0 bridgehead atoms. The molecule has 3 nitrogen and oxygen atoms in total. The molecule has 152 valence electrons. The lowest BCUT2D eigenvalue weighted by Gasteiger charge is -2.33. The molecule has 2 atom stereocenters. The van der Waals surface area contributed by atoms with Crippen molar-refractivity contribution in [1.29, 1.82) is 0 Å². The van der Waals surface area contributed by atoms with E-state index in [0.717, 1.165) is 63.7 Å². The molecule has 2 unspecified atom stereocenters. The van der Waals surface area contributed by atoms with Crippen LogP contribution in [0.1, 0.15) is 57.4 Å². The van der Waals surface area contributed by atoms with Crippen LogP contribution in [0.2, 0.25) is 0 Å². The number of piperidine rings is 1. The Hall–Kier alpha value is -1.20. The fraction of sp³-hybridized carbons (Fsp3) is 0.667. The molecule has 0 spiro atoms. The van der Waals surface area contributed by atoms with Gasteiger partial charge >= 0.3 is 0 Å². The number of benzene rings is 1. The van der Waals surface area contributed by atoms with Gasteiger partial charge in [-0.1, -0.05) is 19.8 Å². The summed E-state index contributed by atoms with van der Waals surface area (Å²) in [4.78, 5) is 14.9. The highest BCUT2D eigenvalue weighted by Crippen LogP contribution is 2.29. The molecule has 6 heteroatoms. The van der Waals surface area contributed by atoms with E-state index < -0.39 is 11.6 Å². The minimum atomic E-state index is -0.457. The van der Waals surface area contributed by atoms with E-state index in [1.54, 1.807) is 0 Å². The molecule has 2 aliphatic rings. The quantitative estimate of drug-likeness (QED) is 0.751. The average Bonchev–Trinajstić information content (AvgIpc) is 3.17. The number of carbonyl (C=O) groups is 1. The summed E-state index contributed by atoms with van der Waals surface area (Å²) in [6, 6.07) is 3.65. The summed E-state index contributed by atoms with van der Waals surface area (Å²) >= 11 is 0. The van der Waals surface area contributed by atoms with Gasteiger partial charge in [0, 0.05) is 24.6 Å². The van der Waals surface area contributed by atoms with E-state index in [4.69, 9.17) is 0 Å². The van der Waals surface area contributed by atoms with Gasteiger partial charge in [-0.2, -0.15) is 0 Å². The highest BCUT2D eigenvalue weighted by Gasteiger charge is 2.30. The van der Waals surface area contributed by atoms with Crippen molar-refractivity contribution < 1.29 is 13.6 Å². The van der Waals surface area contributed by atoms with Crippen LogP contribution in [0, 0.1) is 23.5 Å². The number of nitrogens with zero attached hydrogens (tertiary/aromatic N) is 1. The zero-order valence-electron chi connectivity index (χ0n) is 16.1. The SMILES string of the molecule is CC(CC(=O)N(Cc1cc(F)ccc1F)C1CCCC1)C1CCCNC1.Cl. The first-order chi connectivity index (χ1) is 12.5. The third-order valence-electron chi connectivity index (χ3n) is 6.07. The number of carbonyl (C=O) groups excluding carboxylic acids is 1. The number of nitrogens with one attached hydrogen (secondary N) is 1. The van der Waals surface area contributed by atoms with E-state index in [-0.39, 0.29) is 36.5 Å². The summed E-state index contributed by atoms with van der Waals surface area (Å²) in [6.07, 6.45) is 6.92. The normalized spacial score (nSPS) is 21.5. The molecule has 27 heavy (non-hydrogen) atoms. The molecule has 0 aromatic heterocycles. The minimum Gasteiger partial charge on any atom is -0.335 e. The Morgan fingerprint density at radius 1 is 1.22 bits per heavy atom. The summed E-state index contributed by atoms with van der Waals surface area (Å²) in [5, 5.41) is 3.41. The monoisotopic (exact) mass is 400 g/mol. The molecule has 1 saturated carbocycles. The van der Waals surface area contributed by atoms with Crippen molar-refractivity contribution in [3.05, 3.63) is 35.4 Å². The van der Waals surface area contributed by atoms with E-state index in [0.29, 0.717) is 18.3 Å². The lowest BCUT2D eigenvalue weighted by molar-refractivity contribution is -0.135. The van der Waals surface area contributed by atoms with Crippen molar-refractivity contribution in [2.75, 3.05) is 13.1 Å². The Bertz CT molecular complexity index is 616. The predicted molar refractivity (Wildman–Crippen MR) is 106 cm³/mol. The maximum absolute atomic E-state index is 14.1. The number of halogens is 3. The molecule has 2 fully saturated rings. The molecular formula is C21H31ClF2N2O. The molecule has 1 amide bonds. The number of hydrogen-bond donors (Lipinski definition) is 1. The van der Waals surface area contributed by atoms with Gasteiger partial charge < -0.3 is 10.2 Å². The maximum Gasteiger partial charge on any atom is 0.223 e. The smallest absolute Gasteiger partial charge is 0.223 e. The fourth-order valence-electron chi connectivity index (χ4n) is 4.41. The van der Waals surface area contributed by atoms with Gasteiger partial charge in [0.25, 0.3) is 0 Å². The molecule has 1 aromatic rings. The standard InChI is InChI=1S/C21H30F2N2O.ClH/c1-15(16-5-4-10-24-13-16)11-21(26)25(19-6-2-3-7-19)14-17-12-18(22)8-9-20(17)23;/h8-9,12,15-16,19,24H,2-7,10-11,13-14H2,1H3;1H. The predicted octanol–water partition coefficient (Wildman–Crippen LogP) is 4.68. The summed E-state index contributed by atoms with van der Waals surface area (Å²) in [7, 11) is 0. The molecule has 1 aliphatic carbocycles. The van der Waals surface area contributed by atoms with Gasteiger partial charge in [0.2, 0.25) is 5.91 Å².